The van der Waals surface area contributed by atoms with Crippen molar-refractivity contribution >= 4 is 31.8 Å². The van der Waals surface area contributed by atoms with Gasteiger partial charge in [0, 0.05) is 6.54 Å². The molecule has 0 aromatic heterocycles. The molecule has 5 nitrogen and oxygen atoms in total. The van der Waals surface area contributed by atoms with E-state index in [0.717, 1.165) is 6.42 Å². The van der Waals surface area contributed by atoms with Gasteiger partial charge >= 0.3 is 5.97 Å². The molecule has 24 heavy (non-hydrogen) atoms. The Morgan fingerprint density at radius 2 is 1.88 bits per heavy atom. The van der Waals surface area contributed by atoms with Gasteiger partial charge in [-0.2, -0.15) is 0 Å². The van der Waals surface area contributed by atoms with E-state index in [2.05, 4.69) is 33.9 Å². The van der Waals surface area contributed by atoms with Crippen molar-refractivity contribution in [2.75, 3.05) is 20.3 Å². The van der Waals surface area contributed by atoms with Crippen LogP contribution in [0.3, 0.4) is 0 Å². The Morgan fingerprint density at radius 3 is 2.33 bits per heavy atom. The summed E-state index contributed by atoms with van der Waals surface area (Å²) in [5, 5.41) is -0.498. The van der Waals surface area contributed by atoms with E-state index in [9.17, 15) is 9.59 Å². The average Bonchev–Trinajstić information content (AvgIpc) is 2.50. The molecule has 0 spiro atoms. The van der Waals surface area contributed by atoms with Crippen molar-refractivity contribution in [1.82, 2.24) is 4.90 Å². The third-order valence-corrected chi connectivity index (χ3v) is 9.99. The van der Waals surface area contributed by atoms with Crippen LogP contribution in [-0.2, 0) is 18.8 Å². The number of piperidine rings is 1. The first kappa shape index (κ1) is 21.4. The summed E-state index contributed by atoms with van der Waals surface area (Å²) < 4.78 is 11.1. The van der Waals surface area contributed by atoms with Gasteiger partial charge in [-0.3, -0.25) is 9.59 Å². The van der Waals surface area contributed by atoms with Gasteiger partial charge in [0.25, 0.3) is 0 Å². The molecule has 1 aliphatic heterocycles. The van der Waals surface area contributed by atoms with E-state index >= 15 is 0 Å². The molecule has 1 rings (SSSR count). The number of esters is 1. The molecule has 1 aliphatic rings. The molecule has 0 aromatic rings. The molecule has 0 radical (unpaired) electrons. The SMILES string of the molecule is COC(=O)[C@@H]1CC[C@@H](CO[Si](C)(C)C(C)(C)C)N(C(=O)[C@@H](C)Cl)C1. The van der Waals surface area contributed by atoms with Gasteiger partial charge in [0.15, 0.2) is 8.32 Å². The van der Waals surface area contributed by atoms with Gasteiger partial charge < -0.3 is 14.1 Å². The van der Waals surface area contributed by atoms with Gasteiger partial charge in [-0.05, 0) is 37.9 Å². The van der Waals surface area contributed by atoms with E-state index < -0.39 is 13.7 Å². The first-order chi connectivity index (χ1) is 10.9. The number of carbonyl (C=O) groups excluding carboxylic acids is 2. The van der Waals surface area contributed by atoms with E-state index in [0.29, 0.717) is 19.6 Å². The lowest BCUT2D eigenvalue weighted by molar-refractivity contribution is -0.150. The third-order valence-electron chi connectivity index (χ3n) is 5.31. The average molecular weight is 378 g/mol. The van der Waals surface area contributed by atoms with Crippen molar-refractivity contribution < 1.29 is 18.8 Å². The normalized spacial score (nSPS) is 23.8. The highest BCUT2D eigenvalue weighted by molar-refractivity contribution is 6.74. The van der Waals surface area contributed by atoms with Crippen LogP contribution in [0, 0.1) is 5.92 Å². The molecule has 1 heterocycles. The van der Waals surface area contributed by atoms with Gasteiger partial charge in [-0.1, -0.05) is 20.8 Å². The molecule has 0 aliphatic carbocycles. The van der Waals surface area contributed by atoms with Crippen molar-refractivity contribution in [3.8, 4) is 0 Å². The zero-order valence-corrected chi connectivity index (χ0v) is 17.8. The second kappa shape index (κ2) is 8.19. The lowest BCUT2D eigenvalue weighted by Crippen LogP contribution is -2.54. The van der Waals surface area contributed by atoms with E-state index in [1.165, 1.54) is 7.11 Å². The van der Waals surface area contributed by atoms with E-state index in [1.54, 1.807) is 11.8 Å². The molecule has 7 heteroatoms. The number of carbonyl (C=O) groups is 2. The number of hydrogen-bond acceptors (Lipinski definition) is 4. The van der Waals surface area contributed by atoms with E-state index in [-0.39, 0.29) is 28.9 Å². The number of hydrogen-bond donors (Lipinski definition) is 0. The van der Waals surface area contributed by atoms with E-state index in [4.69, 9.17) is 20.8 Å². The maximum Gasteiger partial charge on any atom is 0.310 e. The molecule has 1 fully saturated rings. The van der Waals surface area contributed by atoms with Crippen molar-refractivity contribution in [3.05, 3.63) is 0 Å². The summed E-state index contributed by atoms with van der Waals surface area (Å²) in [5.74, 6) is -0.689. The molecular formula is C17H32ClNO4Si. The maximum absolute atomic E-state index is 12.5. The molecule has 0 bridgehead atoms. The fourth-order valence-corrected chi connectivity index (χ4v) is 3.75. The maximum atomic E-state index is 12.5. The predicted octanol–water partition coefficient (Wildman–Crippen LogP) is 3.42. The van der Waals surface area contributed by atoms with Crippen molar-refractivity contribution in [2.45, 2.75) is 70.1 Å². The Balaban J connectivity index is 2.84. The minimum absolute atomic E-state index is 0.0336. The molecule has 0 saturated carbocycles. The summed E-state index contributed by atoms with van der Waals surface area (Å²) in [6, 6.07) is -0.0336. The van der Waals surface area contributed by atoms with Gasteiger partial charge in [-0.15, -0.1) is 11.6 Å². The zero-order valence-electron chi connectivity index (χ0n) is 16.0. The van der Waals surface area contributed by atoms with Crippen LogP contribution in [0.4, 0.5) is 0 Å². The monoisotopic (exact) mass is 377 g/mol. The Bertz CT molecular complexity index is 462. The number of nitrogens with zero attached hydrogens (tertiary/aromatic N) is 1. The number of ether oxygens (including phenoxy) is 1. The van der Waals surface area contributed by atoms with Crippen molar-refractivity contribution in [1.29, 1.82) is 0 Å². The van der Waals surface area contributed by atoms with Gasteiger partial charge in [0.1, 0.15) is 5.38 Å². The Labute approximate surface area is 152 Å². The largest absolute Gasteiger partial charge is 0.469 e. The number of halogens is 1. The van der Waals surface area contributed by atoms with Crippen LogP contribution in [-0.4, -0.2) is 56.8 Å². The number of alkyl halides is 1. The van der Waals surface area contributed by atoms with Crippen LogP contribution < -0.4 is 0 Å². The Hall–Kier alpha value is -0.593. The lowest BCUT2D eigenvalue weighted by Gasteiger charge is -2.42. The fourth-order valence-electron chi connectivity index (χ4n) is 2.58. The summed E-state index contributed by atoms with van der Waals surface area (Å²) in [4.78, 5) is 26.0. The Kier molecular flexibility index (Phi) is 7.32. The summed E-state index contributed by atoms with van der Waals surface area (Å²) in [6.07, 6.45) is 1.43. The second-order valence-corrected chi connectivity index (χ2v) is 13.6. The summed E-state index contributed by atoms with van der Waals surface area (Å²) in [7, 11) is -0.508. The highest BCUT2D eigenvalue weighted by atomic mass is 35.5. The van der Waals surface area contributed by atoms with Crippen LogP contribution in [0.25, 0.3) is 0 Å². The zero-order chi connectivity index (χ0) is 18.7. The lowest BCUT2D eigenvalue weighted by atomic mass is 9.92. The molecular weight excluding hydrogens is 346 g/mol. The van der Waals surface area contributed by atoms with Crippen LogP contribution in [0.15, 0.2) is 0 Å². The molecule has 0 unspecified atom stereocenters. The minimum atomic E-state index is -1.89. The number of rotatable bonds is 5. The van der Waals surface area contributed by atoms with Gasteiger partial charge in [0.05, 0.1) is 25.7 Å². The highest BCUT2D eigenvalue weighted by Gasteiger charge is 2.41. The van der Waals surface area contributed by atoms with Crippen LogP contribution in [0.5, 0.6) is 0 Å². The Morgan fingerprint density at radius 1 is 1.29 bits per heavy atom. The fraction of sp³-hybridized carbons (Fsp3) is 0.882. The summed E-state index contributed by atoms with van der Waals surface area (Å²) in [6.45, 7) is 13.5. The topological polar surface area (TPSA) is 55.8 Å². The molecule has 140 valence electrons. The third kappa shape index (κ3) is 5.20. The molecule has 1 amide bonds. The van der Waals surface area contributed by atoms with E-state index in [1.807, 2.05) is 0 Å². The second-order valence-electron chi connectivity index (χ2n) is 8.13. The van der Waals surface area contributed by atoms with Crippen LogP contribution in [0.1, 0.15) is 40.5 Å². The number of likely N-dealkylation sites (tertiary alicyclic amines) is 1. The molecule has 1 saturated heterocycles. The van der Waals surface area contributed by atoms with Crippen LogP contribution >= 0.6 is 11.6 Å². The summed E-state index contributed by atoms with van der Waals surface area (Å²) >= 11 is 6.01. The van der Waals surface area contributed by atoms with Gasteiger partial charge in [-0.25, -0.2) is 0 Å². The summed E-state index contributed by atoms with van der Waals surface area (Å²) in [5.41, 5.74) is 0. The highest BCUT2D eigenvalue weighted by Crippen LogP contribution is 2.37. The first-order valence-electron chi connectivity index (χ1n) is 8.57. The van der Waals surface area contributed by atoms with Crippen molar-refractivity contribution in [3.63, 3.8) is 0 Å². The number of methoxy groups -OCH3 is 1. The quantitative estimate of drug-likeness (QED) is 0.418. The molecule has 3 atom stereocenters. The minimum Gasteiger partial charge on any atom is -0.469 e. The predicted molar refractivity (Wildman–Crippen MR) is 98.7 cm³/mol. The van der Waals surface area contributed by atoms with Gasteiger partial charge in [0.2, 0.25) is 5.91 Å². The van der Waals surface area contributed by atoms with Crippen LogP contribution in [0.2, 0.25) is 18.1 Å². The first-order valence-corrected chi connectivity index (χ1v) is 11.9. The smallest absolute Gasteiger partial charge is 0.310 e. The standard InChI is InChI=1S/C17H32ClNO4Si/c1-12(18)15(20)19-10-13(16(21)22-5)8-9-14(19)11-23-24(6,7)17(2,3)4/h12-14H,8-11H2,1-7H3/t12-,13-,14+/m1/s1. The molecule has 0 N–H and O–H groups in total. The van der Waals surface area contributed by atoms with Crippen molar-refractivity contribution in [2.24, 2.45) is 5.92 Å². The number of amides is 1. The molecule has 0 aromatic carbocycles.